The van der Waals surface area contributed by atoms with Gasteiger partial charge >= 0.3 is 5.97 Å². The highest BCUT2D eigenvalue weighted by Crippen LogP contribution is 2.34. The number of carbonyl (C=O) groups excluding carboxylic acids is 1. The number of fused-ring (bicyclic) bond motifs is 1. The Morgan fingerprint density at radius 3 is 2.36 bits per heavy atom. The number of aromatic amines is 1. The summed E-state index contributed by atoms with van der Waals surface area (Å²) in [6, 6.07) is 16.1. The Hall–Kier alpha value is -4.63. The van der Waals surface area contributed by atoms with Crippen LogP contribution in [0, 0.1) is 23.7 Å². The van der Waals surface area contributed by atoms with Gasteiger partial charge in [0.1, 0.15) is 29.5 Å². The van der Waals surface area contributed by atoms with Crippen molar-refractivity contribution in [2.24, 2.45) is 5.41 Å². The number of anilines is 2. The number of H-pyrrole nitrogens is 1. The highest BCUT2D eigenvalue weighted by Gasteiger charge is 2.30. The summed E-state index contributed by atoms with van der Waals surface area (Å²) >= 11 is 0. The van der Waals surface area contributed by atoms with E-state index in [9.17, 15) is 25.4 Å². The number of nitrogens with one attached hydrogen (secondary N) is 2. The van der Waals surface area contributed by atoms with E-state index in [0.29, 0.717) is 50.8 Å². The lowest BCUT2D eigenvalue weighted by Gasteiger charge is -2.27. The Morgan fingerprint density at radius 1 is 1.08 bits per heavy atom. The normalized spacial score (nSPS) is 11.2. The molecule has 0 unspecified atom stereocenters. The molecule has 0 fully saturated rings. The molecule has 2 heterocycles. The molecule has 0 radical (unpaired) electrons. The van der Waals surface area contributed by atoms with E-state index in [1.54, 1.807) is 72.4 Å². The van der Waals surface area contributed by atoms with E-state index in [0.717, 1.165) is 0 Å². The van der Waals surface area contributed by atoms with Gasteiger partial charge in [-0.05, 0) is 48.9 Å². The zero-order valence-corrected chi connectivity index (χ0v) is 21.5. The molecule has 0 atom stereocenters. The molecule has 0 saturated carbocycles. The van der Waals surface area contributed by atoms with Crippen LogP contribution < -0.4 is 19.9 Å². The molecule has 0 saturated heterocycles. The average Bonchev–Trinajstić information content (AvgIpc) is 3.32. The van der Waals surface area contributed by atoms with E-state index in [1.165, 1.54) is 7.11 Å². The van der Waals surface area contributed by atoms with Crippen LogP contribution in [0.1, 0.15) is 21.5 Å². The molecule has 0 aliphatic rings. The van der Waals surface area contributed by atoms with Gasteiger partial charge in [-0.25, -0.2) is 4.79 Å². The number of ether oxygens (including phenoxy) is 3. The van der Waals surface area contributed by atoms with Crippen LogP contribution in [0.3, 0.4) is 0 Å². The number of benzene rings is 2. The van der Waals surface area contributed by atoms with Gasteiger partial charge in [0, 0.05) is 5.69 Å². The lowest BCUT2D eigenvalue weighted by molar-refractivity contribution is -0.469. The lowest BCUT2D eigenvalue weighted by Crippen LogP contribution is -2.39. The van der Waals surface area contributed by atoms with Crippen LogP contribution >= 0.6 is 0 Å². The number of esters is 1. The summed E-state index contributed by atoms with van der Waals surface area (Å²) in [6.45, 7) is 0.348. The van der Waals surface area contributed by atoms with E-state index in [1.807, 2.05) is 0 Å². The summed E-state index contributed by atoms with van der Waals surface area (Å²) in [5, 5.41) is 44.6. The van der Waals surface area contributed by atoms with Gasteiger partial charge in [0.05, 0.1) is 49.8 Å². The maximum atomic E-state index is 12.2. The van der Waals surface area contributed by atoms with Gasteiger partial charge in [0.15, 0.2) is 11.5 Å². The molecule has 39 heavy (non-hydrogen) atoms. The molecule has 2 aromatic heterocycles. The molecule has 0 spiro atoms. The molecule has 0 amide bonds. The van der Waals surface area contributed by atoms with Crippen LogP contribution in [0.5, 0.6) is 17.2 Å². The van der Waals surface area contributed by atoms with E-state index >= 15 is 0 Å². The summed E-state index contributed by atoms with van der Waals surface area (Å²) in [7, 11) is 1.31. The Labute approximate surface area is 224 Å². The fraction of sp³-hybridized carbons (Fsp3) is 0.250. The van der Waals surface area contributed by atoms with Crippen molar-refractivity contribution in [3.8, 4) is 23.3 Å². The molecule has 0 aliphatic carbocycles. The first-order valence-electron chi connectivity index (χ1n) is 12.0. The minimum atomic E-state index is -1.18. The highest BCUT2D eigenvalue weighted by molar-refractivity contribution is 5.96. The monoisotopic (exact) mass is 533 g/mol. The first kappa shape index (κ1) is 27.4. The van der Waals surface area contributed by atoms with Crippen LogP contribution in [0.25, 0.3) is 5.52 Å². The third-order valence-electron chi connectivity index (χ3n) is 6.38. The van der Waals surface area contributed by atoms with E-state index in [2.05, 4.69) is 16.5 Å². The minimum Gasteiger partial charge on any atom is -0.489 e. The number of carbonyl (C=O) groups is 1. The third-order valence-corrected chi connectivity index (χ3v) is 6.38. The van der Waals surface area contributed by atoms with Crippen molar-refractivity contribution in [2.45, 2.75) is 6.92 Å². The van der Waals surface area contributed by atoms with Gasteiger partial charge in [-0.2, -0.15) is 5.26 Å². The Morgan fingerprint density at radius 2 is 1.74 bits per heavy atom. The smallest absolute Gasteiger partial charge is 0.339 e. The maximum absolute atomic E-state index is 12.2. The number of nitrogens with zero attached hydrogens (tertiary/aromatic N) is 2. The number of aliphatic hydroxyl groups is 3. The number of aliphatic hydroxyl groups excluding tert-OH is 3. The molecule has 5 N–H and O–H groups in total. The summed E-state index contributed by atoms with van der Waals surface area (Å²) in [5.74, 6) is 0.820. The van der Waals surface area contributed by atoms with E-state index < -0.39 is 31.2 Å². The molecule has 202 valence electrons. The first-order chi connectivity index (χ1) is 18.9. The zero-order valence-electron chi connectivity index (χ0n) is 21.5. The molecule has 0 aliphatic heterocycles. The van der Waals surface area contributed by atoms with Crippen molar-refractivity contribution < 1.29 is 39.4 Å². The van der Waals surface area contributed by atoms with Crippen molar-refractivity contribution in [1.29, 1.82) is 5.26 Å². The van der Waals surface area contributed by atoms with Gasteiger partial charge in [-0.15, -0.1) is 9.61 Å². The van der Waals surface area contributed by atoms with Crippen LogP contribution in [-0.4, -0.2) is 59.3 Å². The van der Waals surface area contributed by atoms with Gasteiger partial charge in [0.2, 0.25) is 6.20 Å². The van der Waals surface area contributed by atoms with Gasteiger partial charge < -0.3 is 34.8 Å². The van der Waals surface area contributed by atoms with Crippen molar-refractivity contribution >= 4 is 22.9 Å². The number of aromatic nitrogens is 2. The molecule has 11 nitrogen and oxygen atoms in total. The minimum absolute atomic E-state index is 0.110. The average molecular weight is 534 g/mol. The predicted molar refractivity (Wildman–Crippen MR) is 140 cm³/mol. The van der Waals surface area contributed by atoms with E-state index in [4.69, 9.17) is 14.2 Å². The fourth-order valence-electron chi connectivity index (χ4n) is 3.92. The predicted octanol–water partition coefficient (Wildman–Crippen LogP) is 2.60. The molecule has 2 aromatic carbocycles. The second-order valence-corrected chi connectivity index (χ2v) is 9.01. The number of hydrogen-bond acceptors (Lipinski definition) is 9. The van der Waals surface area contributed by atoms with Gasteiger partial charge in [-0.1, -0.05) is 12.1 Å². The van der Waals surface area contributed by atoms with Crippen LogP contribution in [0.2, 0.25) is 0 Å². The van der Waals surface area contributed by atoms with Crippen LogP contribution in [-0.2, 0) is 4.74 Å². The number of methoxy groups -OCH3 is 1. The lowest BCUT2D eigenvalue weighted by atomic mass is 9.93. The summed E-state index contributed by atoms with van der Waals surface area (Å²) in [5.41, 5.74) is 2.04. The molecular formula is C28H29N4O7+. The van der Waals surface area contributed by atoms with Gasteiger partial charge in [0.25, 0.3) is 0 Å². The largest absolute Gasteiger partial charge is 0.489 e. The maximum Gasteiger partial charge on any atom is 0.339 e. The summed E-state index contributed by atoms with van der Waals surface area (Å²) < 4.78 is 18.3. The number of nitriles is 1. The zero-order chi connectivity index (χ0) is 28.0. The molecule has 4 rings (SSSR count). The number of hydrogen-bond donors (Lipinski definition) is 4. The SMILES string of the molecule is COC(=O)c1cn2[nH+]cc(C#N)c(Nc3ccc(Oc4ccccc4OCC(CO)(CO)CO)cc3)c2c1C. The Balaban J connectivity index is 1.56. The number of para-hydroxylation sites is 2. The third kappa shape index (κ3) is 5.63. The second-order valence-electron chi connectivity index (χ2n) is 9.01. The quantitative estimate of drug-likeness (QED) is 0.213. The topological polar surface area (TPSA) is 160 Å². The standard InChI is InChI=1S/C28H28N4O7/c1-18-22(27(36)37-2)13-32-26(18)25(19(11-29)12-30-32)31-20-7-9-21(10-8-20)39-24-6-4-3-5-23(24)38-17-28(14-33,15-34)16-35/h3-10,12-13,31,33-35H,14-17H2,1-2H3/p+1. The first-order valence-corrected chi connectivity index (χ1v) is 12.0. The summed E-state index contributed by atoms with van der Waals surface area (Å²) in [6.07, 6.45) is 3.16. The van der Waals surface area contributed by atoms with Crippen molar-refractivity contribution in [2.75, 3.05) is 38.9 Å². The van der Waals surface area contributed by atoms with Crippen molar-refractivity contribution in [1.82, 2.24) is 4.52 Å². The van der Waals surface area contributed by atoms with Crippen molar-refractivity contribution in [3.05, 3.63) is 77.6 Å². The summed E-state index contributed by atoms with van der Waals surface area (Å²) in [4.78, 5) is 12.2. The molecular weight excluding hydrogens is 504 g/mol. The Bertz CT molecular complexity index is 1500. The van der Waals surface area contributed by atoms with Crippen molar-refractivity contribution in [3.63, 3.8) is 0 Å². The second kappa shape index (κ2) is 11.8. The molecule has 11 heteroatoms. The fourth-order valence-corrected chi connectivity index (χ4v) is 3.92. The van der Waals surface area contributed by atoms with Gasteiger partial charge in [-0.3, -0.25) is 0 Å². The number of rotatable bonds is 11. The van der Waals surface area contributed by atoms with Crippen LogP contribution in [0.4, 0.5) is 11.4 Å². The molecule has 0 bridgehead atoms. The van der Waals surface area contributed by atoms with E-state index in [-0.39, 0.29) is 6.61 Å². The Kier molecular flexibility index (Phi) is 8.31. The number of aryl methyl sites for hydroxylation is 1. The highest BCUT2D eigenvalue weighted by atomic mass is 16.5. The molecule has 4 aromatic rings. The van der Waals surface area contributed by atoms with Crippen LogP contribution in [0.15, 0.2) is 60.9 Å².